The third-order valence-corrected chi connectivity index (χ3v) is 9.88. The number of aryl methyl sites for hydroxylation is 1. The van der Waals surface area contributed by atoms with Gasteiger partial charge in [-0.25, -0.2) is 15.0 Å². The van der Waals surface area contributed by atoms with Crippen LogP contribution in [0.3, 0.4) is 0 Å². The number of carbonyl (C=O) groups is 1. The van der Waals surface area contributed by atoms with E-state index in [1.807, 2.05) is 52.0 Å². The van der Waals surface area contributed by atoms with Gasteiger partial charge in [0, 0.05) is 56.0 Å². The molecular weight excluding hydrogens is 657 g/mol. The smallest absolute Gasteiger partial charge is 0.255 e. The molecule has 2 saturated heterocycles. The Kier molecular flexibility index (Phi) is 9.50. The molecule has 2 aliphatic heterocycles. The summed E-state index contributed by atoms with van der Waals surface area (Å²) in [5.74, 6) is 1.29. The number of amides is 1. The summed E-state index contributed by atoms with van der Waals surface area (Å²) >= 11 is 0. The van der Waals surface area contributed by atoms with Gasteiger partial charge in [-0.3, -0.25) is 19.0 Å². The lowest BCUT2D eigenvalue weighted by Gasteiger charge is -2.37. The van der Waals surface area contributed by atoms with E-state index in [-0.39, 0.29) is 17.1 Å². The molecule has 4 aromatic rings. The van der Waals surface area contributed by atoms with E-state index in [0.29, 0.717) is 45.5 Å². The minimum absolute atomic E-state index is 0.247. The fourth-order valence-corrected chi connectivity index (χ4v) is 7.15. The quantitative estimate of drug-likeness (QED) is 0.177. The van der Waals surface area contributed by atoms with Gasteiger partial charge < -0.3 is 25.0 Å². The number of rotatable bonds is 9. The number of benzene rings is 2. The fraction of sp³-hybridized carbons (Fsp3) is 0.444. The van der Waals surface area contributed by atoms with Gasteiger partial charge in [0.05, 0.1) is 37.2 Å². The van der Waals surface area contributed by atoms with Gasteiger partial charge in [-0.05, 0) is 66.3 Å². The summed E-state index contributed by atoms with van der Waals surface area (Å²) in [5.41, 5.74) is 4.53. The molecule has 50 heavy (non-hydrogen) atoms. The van der Waals surface area contributed by atoms with Gasteiger partial charge in [-0.1, -0.05) is 26.8 Å². The molecule has 0 spiro atoms. The first-order valence-corrected chi connectivity index (χ1v) is 19.5. The van der Waals surface area contributed by atoms with Crippen LogP contribution in [-0.2, 0) is 19.7 Å². The third-order valence-electron chi connectivity index (χ3n) is 9.08. The largest absolute Gasteiger partial charge is 0.492 e. The molecule has 2 aromatic carbocycles. The molecule has 13 nitrogen and oxygen atoms in total. The number of hydrogen-bond donors (Lipinski definition) is 4. The van der Waals surface area contributed by atoms with E-state index in [0.717, 1.165) is 62.8 Å². The number of aromatic nitrogens is 3. The van der Waals surface area contributed by atoms with E-state index >= 15 is 0 Å². The predicted octanol–water partition coefficient (Wildman–Crippen LogP) is 5.43. The summed E-state index contributed by atoms with van der Waals surface area (Å²) in [5, 5.41) is 6.39. The van der Waals surface area contributed by atoms with Crippen molar-refractivity contribution in [2.75, 3.05) is 79.3 Å². The van der Waals surface area contributed by atoms with Gasteiger partial charge in [0.1, 0.15) is 17.7 Å². The minimum atomic E-state index is -4.18. The van der Waals surface area contributed by atoms with Crippen LogP contribution in [0.4, 0.5) is 28.7 Å². The first kappa shape index (κ1) is 35.5. The molecule has 4 N–H and O–H groups in total. The first-order chi connectivity index (χ1) is 23.5. The number of hydrogen-bond acceptors (Lipinski definition) is 10. The fourth-order valence-electron chi connectivity index (χ4n) is 6.37. The first-order valence-electron chi connectivity index (χ1n) is 16.8. The molecule has 0 radical (unpaired) electrons. The van der Waals surface area contributed by atoms with E-state index in [9.17, 15) is 13.6 Å². The van der Waals surface area contributed by atoms with Crippen LogP contribution in [0.15, 0.2) is 48.8 Å². The molecule has 0 bridgehead atoms. The Morgan fingerprint density at radius 2 is 1.76 bits per heavy atom. The monoisotopic (exact) mass is 704 g/mol. The van der Waals surface area contributed by atoms with Crippen LogP contribution < -0.4 is 25.0 Å². The number of pyridine rings is 1. The number of fused-ring (bicyclic) bond motifs is 1. The second kappa shape index (κ2) is 13.4. The van der Waals surface area contributed by atoms with E-state index in [1.54, 1.807) is 18.2 Å². The summed E-state index contributed by atoms with van der Waals surface area (Å²) in [6, 6.07) is 13.4. The van der Waals surface area contributed by atoms with Crippen molar-refractivity contribution >= 4 is 55.2 Å². The van der Waals surface area contributed by atoms with Crippen molar-refractivity contribution < 1.29 is 23.0 Å². The van der Waals surface area contributed by atoms with E-state index in [4.69, 9.17) is 14.5 Å². The van der Waals surface area contributed by atoms with Crippen LogP contribution in [0, 0.1) is 6.92 Å². The van der Waals surface area contributed by atoms with Crippen molar-refractivity contribution in [1.82, 2.24) is 19.9 Å². The van der Waals surface area contributed by atoms with E-state index in [1.165, 1.54) is 25.9 Å². The zero-order valence-electron chi connectivity index (χ0n) is 29.9. The summed E-state index contributed by atoms with van der Waals surface area (Å²) in [7, 11) is -2.73. The second-order valence-corrected chi connectivity index (χ2v) is 18.4. The number of nitrogens with zero attached hydrogens (tertiary/aromatic N) is 5. The normalized spacial score (nSPS) is 18.0. The zero-order chi connectivity index (χ0) is 35.9. The van der Waals surface area contributed by atoms with Gasteiger partial charge in [-0.2, -0.15) is 4.21 Å². The lowest BCUT2D eigenvalue weighted by Crippen LogP contribution is -2.44. The number of anilines is 5. The van der Waals surface area contributed by atoms with Gasteiger partial charge in [0.25, 0.3) is 5.91 Å². The number of carbonyl (C=O) groups excluding carboxylic acids is 1. The Bertz CT molecular complexity index is 1970. The van der Waals surface area contributed by atoms with Crippen molar-refractivity contribution in [1.29, 1.82) is 0 Å². The molecule has 0 saturated carbocycles. The number of morpholine rings is 1. The SMILES string of the molecule is COc1c(NC(=O)c2ccc(C)c(Nc3ncnc4ccc(N5CCC(N6CCOCC6)C5)nc34)c2)cc(C(C)(C)C)cc1NS(C)(C)(=O)O. The van der Waals surface area contributed by atoms with Crippen LogP contribution in [0.5, 0.6) is 5.75 Å². The highest BCUT2D eigenvalue weighted by molar-refractivity contribution is 8.15. The second-order valence-electron chi connectivity index (χ2n) is 14.6. The Balaban J connectivity index is 1.26. The summed E-state index contributed by atoms with van der Waals surface area (Å²) < 4.78 is 37.4. The lowest BCUT2D eigenvalue weighted by molar-refractivity contribution is 0.0209. The van der Waals surface area contributed by atoms with Gasteiger partial charge in [0.2, 0.25) is 0 Å². The zero-order valence-corrected chi connectivity index (χ0v) is 30.7. The Hall–Kier alpha value is -4.37. The standard InChI is InChI=1S/C36H48N8O5S/c1-23-8-9-24(35(45)40-29-19-25(36(2,3)4)20-30(33(29)48-5)42-50(6,7,46)47)18-28(23)39-34-32-27(37-22-38-34)10-11-31(41-32)44-13-12-26(21-44)43-14-16-49-17-15-43/h8-11,18-20,22,26H,12-17,21H2,1-7H3,(H,40,45)(H,37,38,39)(H2,42,46,47). The minimum Gasteiger partial charge on any atom is -0.492 e. The molecule has 2 fully saturated rings. The summed E-state index contributed by atoms with van der Waals surface area (Å²) in [4.78, 5) is 32.6. The summed E-state index contributed by atoms with van der Waals surface area (Å²) in [6.45, 7) is 13.3. The number of methoxy groups -OCH3 is 1. The Labute approximate surface area is 293 Å². The van der Waals surface area contributed by atoms with Gasteiger partial charge >= 0.3 is 0 Å². The molecular formula is C36H48N8O5S. The maximum Gasteiger partial charge on any atom is 0.255 e. The molecule has 4 heterocycles. The Morgan fingerprint density at radius 3 is 2.46 bits per heavy atom. The highest BCUT2D eigenvalue weighted by Gasteiger charge is 2.30. The average Bonchev–Trinajstić information content (AvgIpc) is 3.55. The van der Waals surface area contributed by atoms with Crippen LogP contribution in [0.2, 0.25) is 0 Å². The molecule has 2 aliphatic rings. The molecule has 14 heteroatoms. The topological polar surface area (TPSA) is 154 Å². The molecule has 2 aromatic heterocycles. The molecule has 1 atom stereocenters. The van der Waals surface area contributed by atoms with Crippen LogP contribution in [-0.4, -0.2) is 99.6 Å². The third kappa shape index (κ3) is 8.15. The lowest BCUT2D eigenvalue weighted by atomic mass is 9.86. The number of ether oxygens (including phenoxy) is 2. The highest BCUT2D eigenvalue weighted by atomic mass is 32.3. The van der Waals surface area contributed by atoms with Crippen molar-refractivity contribution in [3.8, 4) is 5.75 Å². The van der Waals surface area contributed by atoms with Crippen molar-refractivity contribution in [3.63, 3.8) is 0 Å². The predicted molar refractivity (Wildman–Crippen MR) is 201 cm³/mol. The maximum absolute atomic E-state index is 13.8. The summed E-state index contributed by atoms with van der Waals surface area (Å²) in [6.07, 6.45) is 5.04. The van der Waals surface area contributed by atoms with Gasteiger partial charge in [-0.15, -0.1) is 9.53 Å². The highest BCUT2D eigenvalue weighted by Crippen LogP contribution is 2.41. The van der Waals surface area contributed by atoms with E-state index < -0.39 is 9.53 Å². The van der Waals surface area contributed by atoms with Crippen molar-refractivity contribution in [2.24, 2.45) is 0 Å². The van der Waals surface area contributed by atoms with Gasteiger partial charge in [0.15, 0.2) is 11.6 Å². The maximum atomic E-state index is 13.8. The molecule has 0 aliphatic carbocycles. The van der Waals surface area contributed by atoms with Crippen molar-refractivity contribution in [3.05, 3.63) is 65.5 Å². The molecule has 6 rings (SSSR count). The molecule has 268 valence electrons. The number of nitrogens with one attached hydrogen (secondary N) is 3. The van der Waals surface area contributed by atoms with E-state index in [2.05, 4.69) is 35.1 Å². The molecule has 1 amide bonds. The Morgan fingerprint density at radius 1 is 1.02 bits per heavy atom. The van der Waals surface area contributed by atoms with Crippen molar-refractivity contribution in [2.45, 2.75) is 45.6 Å². The average molecular weight is 705 g/mol. The molecule has 1 unspecified atom stereocenters. The van der Waals surface area contributed by atoms with Crippen LogP contribution in [0.1, 0.15) is 48.7 Å². The van der Waals surface area contributed by atoms with Crippen LogP contribution >= 0.6 is 0 Å². The van der Waals surface area contributed by atoms with Crippen LogP contribution in [0.25, 0.3) is 11.0 Å².